The first-order valence-electron chi connectivity index (χ1n) is 9.97. The summed E-state index contributed by atoms with van der Waals surface area (Å²) in [6.07, 6.45) is 0. The SMILES string of the molecule is COc1ccc([C@@H](NC(=O)CN2C(=O)C(=O)N(CC(C)C)C2=O)c2ccccc2)cc1. The quantitative estimate of drug-likeness (QED) is 0.519. The van der Waals surface area contributed by atoms with E-state index in [9.17, 15) is 19.2 Å². The van der Waals surface area contributed by atoms with E-state index < -0.39 is 36.3 Å². The fourth-order valence-corrected chi connectivity index (χ4v) is 3.37. The molecule has 1 N–H and O–H groups in total. The van der Waals surface area contributed by atoms with Crippen molar-refractivity contribution in [3.63, 3.8) is 0 Å². The average molecular weight is 423 g/mol. The second-order valence-electron chi connectivity index (χ2n) is 7.67. The Hall–Kier alpha value is -3.68. The van der Waals surface area contributed by atoms with Crippen molar-refractivity contribution in [1.29, 1.82) is 0 Å². The number of methoxy groups -OCH3 is 1. The molecule has 5 amide bonds. The largest absolute Gasteiger partial charge is 0.497 e. The molecule has 0 bridgehead atoms. The molecule has 8 heteroatoms. The van der Waals surface area contributed by atoms with Gasteiger partial charge in [0.25, 0.3) is 0 Å². The van der Waals surface area contributed by atoms with Gasteiger partial charge in [0, 0.05) is 6.54 Å². The Kier molecular flexibility index (Phi) is 6.69. The van der Waals surface area contributed by atoms with E-state index in [0.29, 0.717) is 10.6 Å². The Bertz CT molecular complexity index is 972. The second-order valence-corrected chi connectivity index (χ2v) is 7.67. The van der Waals surface area contributed by atoms with Crippen LogP contribution in [-0.2, 0) is 14.4 Å². The Morgan fingerprint density at radius 3 is 2.06 bits per heavy atom. The van der Waals surface area contributed by atoms with Crippen molar-refractivity contribution >= 4 is 23.8 Å². The van der Waals surface area contributed by atoms with E-state index in [2.05, 4.69) is 5.32 Å². The Labute approximate surface area is 180 Å². The van der Waals surface area contributed by atoms with Gasteiger partial charge in [-0.2, -0.15) is 0 Å². The molecule has 2 aromatic rings. The van der Waals surface area contributed by atoms with Crippen LogP contribution < -0.4 is 10.1 Å². The van der Waals surface area contributed by atoms with Gasteiger partial charge >= 0.3 is 17.8 Å². The Balaban J connectivity index is 1.78. The van der Waals surface area contributed by atoms with Crippen LogP contribution >= 0.6 is 0 Å². The Morgan fingerprint density at radius 2 is 1.48 bits per heavy atom. The smallest absolute Gasteiger partial charge is 0.334 e. The molecule has 162 valence electrons. The van der Waals surface area contributed by atoms with Gasteiger partial charge in [0.2, 0.25) is 5.91 Å². The molecule has 0 aromatic heterocycles. The summed E-state index contributed by atoms with van der Waals surface area (Å²) in [7, 11) is 1.57. The highest BCUT2D eigenvalue weighted by molar-refractivity contribution is 6.45. The molecule has 0 spiro atoms. The number of nitrogens with zero attached hydrogens (tertiary/aromatic N) is 2. The van der Waals surface area contributed by atoms with Gasteiger partial charge < -0.3 is 10.1 Å². The number of hydrogen-bond donors (Lipinski definition) is 1. The third-order valence-corrected chi connectivity index (χ3v) is 4.87. The monoisotopic (exact) mass is 423 g/mol. The van der Waals surface area contributed by atoms with E-state index in [1.807, 2.05) is 56.3 Å². The van der Waals surface area contributed by atoms with Crippen LogP contribution in [0.4, 0.5) is 4.79 Å². The summed E-state index contributed by atoms with van der Waals surface area (Å²) in [5, 5.41) is 2.87. The molecule has 1 fully saturated rings. The maximum absolute atomic E-state index is 12.8. The molecule has 2 aromatic carbocycles. The number of urea groups is 1. The molecule has 0 aliphatic carbocycles. The maximum Gasteiger partial charge on any atom is 0.334 e. The van der Waals surface area contributed by atoms with Crippen LogP contribution in [0.2, 0.25) is 0 Å². The molecule has 0 saturated carbocycles. The van der Waals surface area contributed by atoms with Crippen molar-refractivity contribution < 1.29 is 23.9 Å². The van der Waals surface area contributed by atoms with Gasteiger partial charge in [-0.3, -0.25) is 19.3 Å². The minimum atomic E-state index is -0.985. The summed E-state index contributed by atoms with van der Waals surface area (Å²) in [6.45, 7) is 3.26. The van der Waals surface area contributed by atoms with Crippen LogP contribution in [0, 0.1) is 5.92 Å². The predicted octanol–water partition coefficient (Wildman–Crippen LogP) is 2.35. The van der Waals surface area contributed by atoms with Crippen molar-refractivity contribution in [2.75, 3.05) is 20.2 Å². The van der Waals surface area contributed by atoms with Crippen LogP contribution in [0.15, 0.2) is 54.6 Å². The zero-order chi connectivity index (χ0) is 22.5. The van der Waals surface area contributed by atoms with E-state index >= 15 is 0 Å². The molecule has 1 atom stereocenters. The molecule has 1 saturated heterocycles. The van der Waals surface area contributed by atoms with E-state index in [4.69, 9.17) is 4.74 Å². The molecular formula is C23H25N3O5. The summed E-state index contributed by atoms with van der Waals surface area (Å²) < 4.78 is 5.19. The molecule has 8 nitrogen and oxygen atoms in total. The fourth-order valence-electron chi connectivity index (χ4n) is 3.37. The van der Waals surface area contributed by atoms with Gasteiger partial charge in [0.1, 0.15) is 12.3 Å². The lowest BCUT2D eigenvalue weighted by molar-refractivity contribution is -0.144. The fraction of sp³-hybridized carbons (Fsp3) is 0.304. The number of imide groups is 2. The van der Waals surface area contributed by atoms with Crippen molar-refractivity contribution in [3.8, 4) is 5.75 Å². The van der Waals surface area contributed by atoms with Gasteiger partial charge in [-0.15, -0.1) is 0 Å². The van der Waals surface area contributed by atoms with Crippen LogP contribution in [0.25, 0.3) is 0 Å². The van der Waals surface area contributed by atoms with E-state index in [-0.39, 0.29) is 12.5 Å². The molecule has 1 aliphatic heterocycles. The van der Waals surface area contributed by atoms with E-state index in [1.54, 1.807) is 19.2 Å². The normalized spacial score (nSPS) is 14.9. The third kappa shape index (κ3) is 4.91. The summed E-state index contributed by atoms with van der Waals surface area (Å²) >= 11 is 0. The zero-order valence-corrected chi connectivity index (χ0v) is 17.7. The highest BCUT2D eigenvalue weighted by Crippen LogP contribution is 2.24. The van der Waals surface area contributed by atoms with Crippen LogP contribution in [-0.4, -0.2) is 53.8 Å². The molecule has 0 unspecified atom stereocenters. The summed E-state index contributed by atoms with van der Waals surface area (Å²) in [4.78, 5) is 51.3. The first-order chi connectivity index (χ1) is 14.8. The molecule has 1 aliphatic rings. The number of amides is 5. The topological polar surface area (TPSA) is 96.0 Å². The van der Waals surface area contributed by atoms with Gasteiger partial charge in [0.15, 0.2) is 0 Å². The number of rotatable bonds is 8. The number of carbonyl (C=O) groups is 4. The first-order valence-corrected chi connectivity index (χ1v) is 9.97. The molecule has 3 rings (SSSR count). The van der Waals surface area contributed by atoms with Crippen LogP contribution in [0.3, 0.4) is 0 Å². The number of carbonyl (C=O) groups excluding carboxylic acids is 4. The number of benzene rings is 2. The minimum Gasteiger partial charge on any atom is -0.497 e. The van der Waals surface area contributed by atoms with E-state index in [1.165, 1.54) is 0 Å². The number of hydrogen-bond acceptors (Lipinski definition) is 5. The van der Waals surface area contributed by atoms with Crippen LogP contribution in [0.1, 0.15) is 31.0 Å². The van der Waals surface area contributed by atoms with Gasteiger partial charge in [-0.05, 0) is 29.2 Å². The summed E-state index contributed by atoms with van der Waals surface area (Å²) in [6, 6.07) is 15.3. The molecule has 1 heterocycles. The Morgan fingerprint density at radius 1 is 0.903 bits per heavy atom. The van der Waals surface area contributed by atoms with Gasteiger partial charge in [-0.25, -0.2) is 9.69 Å². The van der Waals surface area contributed by atoms with Gasteiger partial charge in [0.05, 0.1) is 13.2 Å². The predicted molar refractivity (Wildman–Crippen MR) is 113 cm³/mol. The number of ether oxygens (including phenoxy) is 1. The maximum atomic E-state index is 12.8. The second kappa shape index (κ2) is 9.42. The summed E-state index contributed by atoms with van der Waals surface area (Å²) in [5.41, 5.74) is 1.63. The van der Waals surface area contributed by atoms with Crippen molar-refractivity contribution in [3.05, 3.63) is 65.7 Å². The standard InChI is InChI=1S/C23H25N3O5/c1-15(2)13-25-21(28)22(29)26(23(25)30)14-19(27)24-20(16-7-5-4-6-8-16)17-9-11-18(31-3)12-10-17/h4-12,15,20H,13-14H2,1-3H3,(H,24,27)/t20-/m0/s1. The molecular weight excluding hydrogens is 398 g/mol. The third-order valence-electron chi connectivity index (χ3n) is 4.87. The van der Waals surface area contributed by atoms with Crippen molar-refractivity contribution in [2.24, 2.45) is 5.92 Å². The molecule has 0 radical (unpaired) electrons. The highest BCUT2D eigenvalue weighted by atomic mass is 16.5. The highest BCUT2D eigenvalue weighted by Gasteiger charge is 2.45. The van der Waals surface area contributed by atoms with Crippen molar-refractivity contribution in [2.45, 2.75) is 19.9 Å². The van der Waals surface area contributed by atoms with Crippen LogP contribution in [0.5, 0.6) is 5.75 Å². The first kappa shape index (κ1) is 22.0. The van der Waals surface area contributed by atoms with Crippen molar-refractivity contribution in [1.82, 2.24) is 15.1 Å². The van der Waals surface area contributed by atoms with E-state index in [0.717, 1.165) is 16.0 Å². The minimum absolute atomic E-state index is 0.00649. The molecule has 31 heavy (non-hydrogen) atoms. The zero-order valence-electron chi connectivity index (χ0n) is 17.7. The average Bonchev–Trinajstić information content (AvgIpc) is 2.96. The lowest BCUT2D eigenvalue weighted by Gasteiger charge is -2.22. The lowest BCUT2D eigenvalue weighted by Crippen LogP contribution is -2.43. The number of nitrogens with one attached hydrogen (secondary N) is 1. The lowest BCUT2D eigenvalue weighted by atomic mass is 9.98. The summed E-state index contributed by atoms with van der Waals surface area (Å²) in [5.74, 6) is -1.75. The van der Waals surface area contributed by atoms with Gasteiger partial charge in [-0.1, -0.05) is 56.3 Å².